The predicted molar refractivity (Wildman–Crippen MR) is 79.6 cm³/mol. The summed E-state index contributed by atoms with van der Waals surface area (Å²) in [5, 5.41) is 7.32. The number of aromatic nitrogens is 1. The van der Waals surface area contributed by atoms with Crippen LogP contribution in [-0.4, -0.2) is 22.9 Å². The quantitative estimate of drug-likeness (QED) is 0.783. The molecule has 0 radical (unpaired) electrons. The minimum absolute atomic E-state index is 0.224. The van der Waals surface area contributed by atoms with Gasteiger partial charge < -0.3 is 21.1 Å². The van der Waals surface area contributed by atoms with Crippen LogP contribution >= 0.6 is 11.3 Å². The van der Waals surface area contributed by atoms with Gasteiger partial charge in [-0.1, -0.05) is 0 Å². The molecular formula is C13H12N4O3S. The summed E-state index contributed by atoms with van der Waals surface area (Å²) in [7, 11) is 0. The Labute approximate surface area is 124 Å². The van der Waals surface area contributed by atoms with Gasteiger partial charge in [0.15, 0.2) is 11.2 Å². The van der Waals surface area contributed by atoms with E-state index in [9.17, 15) is 9.59 Å². The fourth-order valence-electron chi connectivity index (χ4n) is 1.87. The fourth-order valence-corrected chi connectivity index (χ4v) is 2.42. The Morgan fingerprint density at radius 2 is 2.33 bits per heavy atom. The van der Waals surface area contributed by atoms with Crippen LogP contribution in [0.5, 0.6) is 5.75 Å². The Bertz CT molecular complexity index is 728. The highest BCUT2D eigenvalue weighted by molar-refractivity contribution is 7.13. The summed E-state index contributed by atoms with van der Waals surface area (Å²) in [6.07, 6.45) is -0.532. The summed E-state index contributed by atoms with van der Waals surface area (Å²) in [6.45, 7) is 1.67. The Morgan fingerprint density at radius 3 is 3.05 bits per heavy atom. The Balaban J connectivity index is 1.80. The molecule has 1 aromatic carbocycles. The molecule has 2 amide bonds. The van der Waals surface area contributed by atoms with E-state index in [1.807, 2.05) is 0 Å². The number of carbonyl (C=O) groups is 2. The Morgan fingerprint density at radius 1 is 1.52 bits per heavy atom. The van der Waals surface area contributed by atoms with E-state index < -0.39 is 6.10 Å². The van der Waals surface area contributed by atoms with Gasteiger partial charge in [0.05, 0.1) is 5.69 Å². The van der Waals surface area contributed by atoms with E-state index in [2.05, 4.69) is 15.6 Å². The number of nitrogens with two attached hydrogens (primary N) is 1. The first-order valence-electron chi connectivity index (χ1n) is 6.17. The average Bonchev–Trinajstić information content (AvgIpc) is 2.87. The molecule has 1 unspecified atom stereocenters. The number of nitrogen functional groups attached to an aromatic ring is 1. The van der Waals surface area contributed by atoms with Crippen LogP contribution in [0.2, 0.25) is 0 Å². The zero-order valence-electron chi connectivity index (χ0n) is 11.0. The topological polar surface area (TPSA) is 106 Å². The van der Waals surface area contributed by atoms with E-state index in [1.54, 1.807) is 30.5 Å². The van der Waals surface area contributed by atoms with Gasteiger partial charge in [0, 0.05) is 11.1 Å². The lowest BCUT2D eigenvalue weighted by Gasteiger charge is -2.23. The van der Waals surface area contributed by atoms with Crippen LogP contribution in [0.4, 0.5) is 16.5 Å². The van der Waals surface area contributed by atoms with Crippen molar-refractivity contribution in [3.8, 4) is 5.75 Å². The molecule has 1 aromatic heterocycles. The van der Waals surface area contributed by atoms with Gasteiger partial charge in [-0.3, -0.25) is 9.59 Å². The lowest BCUT2D eigenvalue weighted by molar-refractivity contribution is -0.122. The molecule has 8 heteroatoms. The monoisotopic (exact) mass is 304 g/mol. The third-order valence-corrected chi connectivity index (χ3v) is 3.60. The van der Waals surface area contributed by atoms with Gasteiger partial charge in [-0.25, -0.2) is 4.98 Å². The van der Waals surface area contributed by atoms with Gasteiger partial charge in [-0.05, 0) is 25.1 Å². The first-order valence-corrected chi connectivity index (χ1v) is 7.05. The number of carbonyl (C=O) groups excluding carboxylic acids is 2. The maximum atomic E-state index is 12.0. The molecular weight excluding hydrogens is 292 g/mol. The van der Waals surface area contributed by atoms with Crippen LogP contribution in [0.15, 0.2) is 23.6 Å². The molecule has 0 spiro atoms. The van der Waals surface area contributed by atoms with E-state index in [4.69, 9.17) is 10.5 Å². The third kappa shape index (κ3) is 2.65. The molecule has 4 N–H and O–H groups in total. The molecule has 1 aliphatic rings. The predicted octanol–water partition coefficient (Wildman–Crippen LogP) is 1.70. The number of anilines is 3. The highest BCUT2D eigenvalue weighted by Gasteiger charge is 2.23. The maximum absolute atomic E-state index is 12.0. The fraction of sp³-hybridized carbons (Fsp3) is 0.154. The standard InChI is InChI=1S/C13H12N4O3S/c1-6-11(18)16-8-4-7(2-3-10(8)20-6)15-12(19)9-5-21-13(14)17-9/h2-6H,1H3,(H2,14,17)(H,15,19)(H,16,18). The van der Waals surface area contributed by atoms with E-state index in [0.29, 0.717) is 22.3 Å². The van der Waals surface area contributed by atoms with E-state index in [1.165, 1.54) is 11.3 Å². The molecule has 1 aliphatic heterocycles. The molecule has 0 bridgehead atoms. The second-order valence-corrected chi connectivity index (χ2v) is 5.38. The Hall–Kier alpha value is -2.61. The summed E-state index contributed by atoms with van der Waals surface area (Å²) in [5.41, 5.74) is 6.80. The van der Waals surface area contributed by atoms with Crippen LogP contribution in [-0.2, 0) is 4.79 Å². The normalized spacial score (nSPS) is 16.6. The molecule has 2 heterocycles. The number of hydrogen-bond donors (Lipinski definition) is 3. The summed E-state index contributed by atoms with van der Waals surface area (Å²) < 4.78 is 5.44. The summed E-state index contributed by atoms with van der Waals surface area (Å²) >= 11 is 1.20. The van der Waals surface area contributed by atoms with Gasteiger partial charge in [0.1, 0.15) is 11.4 Å². The van der Waals surface area contributed by atoms with Gasteiger partial charge in [0.25, 0.3) is 11.8 Å². The van der Waals surface area contributed by atoms with Gasteiger partial charge in [0.2, 0.25) is 0 Å². The van der Waals surface area contributed by atoms with Gasteiger partial charge >= 0.3 is 0 Å². The number of benzene rings is 1. The molecule has 21 heavy (non-hydrogen) atoms. The highest BCUT2D eigenvalue weighted by Crippen LogP contribution is 2.32. The van der Waals surface area contributed by atoms with Gasteiger partial charge in [-0.2, -0.15) is 0 Å². The van der Waals surface area contributed by atoms with Crippen molar-refractivity contribution in [1.82, 2.24) is 4.98 Å². The first kappa shape index (κ1) is 13.4. The molecule has 108 valence electrons. The van der Waals surface area contributed by atoms with Gasteiger partial charge in [-0.15, -0.1) is 11.3 Å². The van der Waals surface area contributed by atoms with E-state index in [0.717, 1.165) is 0 Å². The Kier molecular flexibility index (Phi) is 3.22. The molecule has 1 atom stereocenters. The first-order chi connectivity index (χ1) is 10.0. The summed E-state index contributed by atoms with van der Waals surface area (Å²) in [4.78, 5) is 27.4. The van der Waals surface area contributed by atoms with Crippen molar-refractivity contribution in [2.24, 2.45) is 0 Å². The number of nitrogens with one attached hydrogen (secondary N) is 2. The minimum Gasteiger partial charge on any atom is -0.479 e. The zero-order chi connectivity index (χ0) is 15.0. The van der Waals surface area contributed by atoms with Crippen molar-refractivity contribution in [3.63, 3.8) is 0 Å². The van der Waals surface area contributed by atoms with E-state index in [-0.39, 0.29) is 17.5 Å². The van der Waals surface area contributed by atoms with Crippen LogP contribution in [0.1, 0.15) is 17.4 Å². The number of nitrogens with zero attached hydrogens (tertiary/aromatic N) is 1. The largest absolute Gasteiger partial charge is 0.479 e. The van der Waals surface area contributed by atoms with Crippen molar-refractivity contribution in [1.29, 1.82) is 0 Å². The molecule has 0 aliphatic carbocycles. The molecule has 3 rings (SSSR count). The number of fused-ring (bicyclic) bond motifs is 1. The summed E-state index contributed by atoms with van der Waals surface area (Å²) in [5.74, 6) is -0.0180. The summed E-state index contributed by atoms with van der Waals surface area (Å²) in [6, 6.07) is 5.01. The van der Waals surface area contributed by atoms with Crippen molar-refractivity contribution >= 4 is 39.7 Å². The van der Waals surface area contributed by atoms with Crippen molar-refractivity contribution in [3.05, 3.63) is 29.3 Å². The molecule has 0 saturated heterocycles. The second-order valence-electron chi connectivity index (χ2n) is 4.49. The van der Waals surface area contributed by atoms with Crippen LogP contribution in [0.3, 0.4) is 0 Å². The average molecular weight is 304 g/mol. The van der Waals surface area contributed by atoms with Crippen molar-refractivity contribution < 1.29 is 14.3 Å². The highest BCUT2D eigenvalue weighted by atomic mass is 32.1. The maximum Gasteiger partial charge on any atom is 0.275 e. The zero-order valence-corrected chi connectivity index (χ0v) is 11.9. The number of ether oxygens (including phenoxy) is 1. The third-order valence-electron chi connectivity index (χ3n) is 2.92. The second kappa shape index (κ2) is 5.06. The van der Waals surface area contributed by atoms with Crippen LogP contribution < -0.4 is 21.1 Å². The lowest BCUT2D eigenvalue weighted by atomic mass is 10.2. The van der Waals surface area contributed by atoms with Crippen LogP contribution in [0, 0.1) is 0 Å². The number of thiazole rings is 1. The number of amides is 2. The smallest absolute Gasteiger partial charge is 0.275 e. The minimum atomic E-state index is -0.532. The van der Waals surface area contributed by atoms with E-state index >= 15 is 0 Å². The molecule has 0 fully saturated rings. The lowest BCUT2D eigenvalue weighted by Crippen LogP contribution is -2.34. The molecule has 2 aromatic rings. The molecule has 7 nitrogen and oxygen atoms in total. The SMILES string of the molecule is CC1Oc2ccc(NC(=O)c3csc(N)n3)cc2NC1=O. The van der Waals surface area contributed by atoms with Crippen molar-refractivity contribution in [2.75, 3.05) is 16.4 Å². The van der Waals surface area contributed by atoms with Crippen molar-refractivity contribution in [2.45, 2.75) is 13.0 Å². The van der Waals surface area contributed by atoms with Crippen LogP contribution in [0.25, 0.3) is 0 Å². The number of hydrogen-bond acceptors (Lipinski definition) is 6. The number of rotatable bonds is 2. The molecule has 0 saturated carbocycles.